The van der Waals surface area contributed by atoms with Gasteiger partial charge in [0.25, 0.3) is 0 Å². The number of hydrogen-bond donors (Lipinski definition) is 2. The zero-order valence-electron chi connectivity index (χ0n) is 10.1. The van der Waals surface area contributed by atoms with Crippen LogP contribution in [-0.4, -0.2) is 20.9 Å². The molecule has 17 heavy (non-hydrogen) atoms. The summed E-state index contributed by atoms with van der Waals surface area (Å²) in [4.78, 5) is 7.95. The third-order valence-electron chi connectivity index (χ3n) is 3.36. The maximum Gasteiger partial charge on any atom is 0.212 e. The monoisotopic (exact) mass is 228 g/mol. The second-order valence-electron chi connectivity index (χ2n) is 4.50. The average molecular weight is 228 g/mol. The Morgan fingerprint density at radius 2 is 2.18 bits per heavy atom. The van der Waals surface area contributed by atoms with Crippen LogP contribution < -0.4 is 5.73 Å². The number of nitrogens with zero attached hydrogens (tertiary/aromatic N) is 2. The van der Waals surface area contributed by atoms with Crippen LogP contribution in [0.4, 0.5) is 0 Å². The summed E-state index contributed by atoms with van der Waals surface area (Å²) in [6.07, 6.45) is 2.95. The number of imidazole rings is 2. The second-order valence-corrected chi connectivity index (χ2v) is 4.50. The molecular formula is C13H16N4. The van der Waals surface area contributed by atoms with Gasteiger partial charge in [-0.2, -0.15) is 0 Å². The van der Waals surface area contributed by atoms with Crippen molar-refractivity contribution in [3.8, 4) is 0 Å². The number of aromatic nitrogens is 3. The Kier molecular flexibility index (Phi) is 2.19. The molecule has 0 amide bonds. The first-order chi connectivity index (χ1) is 8.20. The van der Waals surface area contributed by atoms with E-state index >= 15 is 0 Å². The van der Waals surface area contributed by atoms with Gasteiger partial charge in [0.15, 0.2) is 0 Å². The predicted molar refractivity (Wildman–Crippen MR) is 69.3 cm³/mol. The standard InChI is InChI=1S/C13H16N4/c1-8-3-4-11-12(9(8)2)16-13-15-10(5-6-14)7-17(11)13/h3-4,7H,5-6,14H2,1-2H3,(H,15,16). The minimum Gasteiger partial charge on any atom is -0.330 e. The smallest absolute Gasteiger partial charge is 0.212 e. The number of aryl methyl sites for hydroxylation is 2. The quantitative estimate of drug-likeness (QED) is 0.704. The second kappa shape index (κ2) is 3.60. The van der Waals surface area contributed by atoms with Crippen LogP contribution in [-0.2, 0) is 6.42 Å². The van der Waals surface area contributed by atoms with Gasteiger partial charge in [0.1, 0.15) is 0 Å². The van der Waals surface area contributed by atoms with Crippen molar-refractivity contribution in [1.29, 1.82) is 0 Å². The number of aromatic amines is 1. The van der Waals surface area contributed by atoms with E-state index in [1.54, 1.807) is 0 Å². The Balaban J connectivity index is 2.30. The Morgan fingerprint density at radius 1 is 1.35 bits per heavy atom. The van der Waals surface area contributed by atoms with E-state index in [1.807, 2.05) is 0 Å². The average Bonchev–Trinajstić information content (AvgIpc) is 2.82. The topological polar surface area (TPSA) is 59.1 Å². The predicted octanol–water partition coefficient (Wildman–Crippen LogP) is 1.93. The van der Waals surface area contributed by atoms with E-state index < -0.39 is 0 Å². The summed E-state index contributed by atoms with van der Waals surface area (Å²) in [6, 6.07) is 4.26. The molecule has 4 heteroatoms. The van der Waals surface area contributed by atoms with Crippen LogP contribution in [0.1, 0.15) is 16.8 Å². The van der Waals surface area contributed by atoms with Gasteiger partial charge < -0.3 is 10.7 Å². The van der Waals surface area contributed by atoms with Gasteiger partial charge in [-0.05, 0) is 37.6 Å². The first-order valence-electron chi connectivity index (χ1n) is 5.86. The van der Waals surface area contributed by atoms with Crippen molar-refractivity contribution < 1.29 is 0 Å². The minimum absolute atomic E-state index is 0.653. The molecule has 3 N–H and O–H groups in total. The zero-order chi connectivity index (χ0) is 12.0. The molecule has 0 atom stereocenters. The van der Waals surface area contributed by atoms with Crippen molar-refractivity contribution in [2.75, 3.05) is 6.54 Å². The molecule has 3 rings (SSSR count). The van der Waals surface area contributed by atoms with Gasteiger partial charge in [-0.3, -0.25) is 4.40 Å². The summed E-state index contributed by atoms with van der Waals surface area (Å²) >= 11 is 0. The molecule has 0 saturated carbocycles. The summed E-state index contributed by atoms with van der Waals surface area (Å²) < 4.78 is 2.10. The Labute approximate surface area is 99.5 Å². The van der Waals surface area contributed by atoms with Crippen LogP contribution in [0.15, 0.2) is 18.3 Å². The maximum atomic E-state index is 5.56. The van der Waals surface area contributed by atoms with E-state index in [-0.39, 0.29) is 0 Å². The summed E-state index contributed by atoms with van der Waals surface area (Å²) in [5, 5.41) is 0. The highest BCUT2D eigenvalue weighted by atomic mass is 15.1. The Morgan fingerprint density at radius 3 is 2.94 bits per heavy atom. The molecule has 1 aromatic carbocycles. The fraction of sp³-hybridized carbons (Fsp3) is 0.308. The maximum absolute atomic E-state index is 5.56. The molecule has 4 nitrogen and oxygen atoms in total. The number of nitrogens with two attached hydrogens (primary N) is 1. The van der Waals surface area contributed by atoms with Gasteiger partial charge in [0.05, 0.1) is 11.0 Å². The lowest BCUT2D eigenvalue weighted by Crippen LogP contribution is -2.02. The van der Waals surface area contributed by atoms with E-state index in [1.165, 1.54) is 11.1 Å². The highest BCUT2D eigenvalue weighted by Gasteiger charge is 2.10. The van der Waals surface area contributed by atoms with E-state index in [9.17, 15) is 0 Å². The van der Waals surface area contributed by atoms with Crippen LogP contribution in [0.2, 0.25) is 0 Å². The first-order valence-corrected chi connectivity index (χ1v) is 5.86. The number of rotatable bonds is 2. The van der Waals surface area contributed by atoms with Gasteiger partial charge in [0, 0.05) is 18.3 Å². The normalized spacial score (nSPS) is 11.7. The molecule has 0 unspecified atom stereocenters. The van der Waals surface area contributed by atoms with Crippen molar-refractivity contribution in [1.82, 2.24) is 14.4 Å². The van der Waals surface area contributed by atoms with E-state index in [2.05, 4.69) is 46.5 Å². The Hall–Kier alpha value is -1.81. The van der Waals surface area contributed by atoms with Crippen LogP contribution >= 0.6 is 0 Å². The van der Waals surface area contributed by atoms with Crippen molar-refractivity contribution in [2.24, 2.45) is 5.73 Å². The molecule has 0 spiro atoms. The van der Waals surface area contributed by atoms with Crippen LogP contribution in [0.3, 0.4) is 0 Å². The van der Waals surface area contributed by atoms with Gasteiger partial charge in [-0.1, -0.05) is 6.07 Å². The van der Waals surface area contributed by atoms with Crippen molar-refractivity contribution in [3.63, 3.8) is 0 Å². The van der Waals surface area contributed by atoms with Gasteiger partial charge >= 0.3 is 0 Å². The summed E-state index contributed by atoms with van der Waals surface area (Å²) in [6.45, 7) is 4.88. The molecule has 0 saturated heterocycles. The molecular weight excluding hydrogens is 212 g/mol. The highest BCUT2D eigenvalue weighted by molar-refractivity contribution is 5.83. The molecule has 0 aliphatic heterocycles. The lowest BCUT2D eigenvalue weighted by molar-refractivity contribution is 0.936. The zero-order valence-corrected chi connectivity index (χ0v) is 10.1. The number of fused-ring (bicyclic) bond motifs is 3. The number of hydrogen-bond acceptors (Lipinski definition) is 2. The summed E-state index contributed by atoms with van der Waals surface area (Å²) in [5.41, 5.74) is 11.5. The summed E-state index contributed by atoms with van der Waals surface area (Å²) in [7, 11) is 0. The van der Waals surface area contributed by atoms with Crippen molar-refractivity contribution in [2.45, 2.75) is 20.3 Å². The van der Waals surface area contributed by atoms with Gasteiger partial charge in [0.2, 0.25) is 5.78 Å². The molecule has 2 aromatic heterocycles. The van der Waals surface area contributed by atoms with Crippen LogP contribution in [0, 0.1) is 13.8 Å². The first kappa shape index (κ1) is 10.4. The van der Waals surface area contributed by atoms with Crippen LogP contribution in [0.25, 0.3) is 16.8 Å². The van der Waals surface area contributed by atoms with E-state index in [4.69, 9.17) is 5.73 Å². The van der Waals surface area contributed by atoms with Crippen molar-refractivity contribution >= 4 is 16.8 Å². The third-order valence-corrected chi connectivity index (χ3v) is 3.36. The van der Waals surface area contributed by atoms with Gasteiger partial charge in [-0.25, -0.2) is 4.98 Å². The molecule has 2 heterocycles. The fourth-order valence-electron chi connectivity index (χ4n) is 2.23. The fourth-order valence-corrected chi connectivity index (χ4v) is 2.23. The molecule has 3 aromatic rings. The number of H-pyrrole nitrogens is 1. The highest BCUT2D eigenvalue weighted by Crippen LogP contribution is 2.22. The van der Waals surface area contributed by atoms with E-state index in [0.29, 0.717) is 6.54 Å². The van der Waals surface area contributed by atoms with E-state index in [0.717, 1.165) is 28.9 Å². The molecule has 0 bridgehead atoms. The number of nitrogens with one attached hydrogen (secondary N) is 1. The van der Waals surface area contributed by atoms with Gasteiger partial charge in [-0.15, -0.1) is 0 Å². The third kappa shape index (κ3) is 1.45. The largest absolute Gasteiger partial charge is 0.330 e. The molecule has 88 valence electrons. The lowest BCUT2D eigenvalue weighted by Gasteiger charge is -1.99. The van der Waals surface area contributed by atoms with Crippen LogP contribution in [0.5, 0.6) is 0 Å². The number of benzene rings is 1. The Bertz CT molecular complexity index is 690. The summed E-state index contributed by atoms with van der Waals surface area (Å²) in [5.74, 6) is 0.900. The SMILES string of the molecule is Cc1ccc2c(nc3[nH]c(CCN)cn32)c1C. The molecule has 0 radical (unpaired) electrons. The lowest BCUT2D eigenvalue weighted by atomic mass is 10.1. The molecule has 0 fully saturated rings. The molecule has 0 aliphatic carbocycles. The molecule has 0 aliphatic rings. The minimum atomic E-state index is 0.653. The van der Waals surface area contributed by atoms with Crippen molar-refractivity contribution in [3.05, 3.63) is 35.2 Å².